The van der Waals surface area contributed by atoms with Crippen LogP contribution in [-0.4, -0.2) is 48.3 Å². The van der Waals surface area contributed by atoms with Gasteiger partial charge in [0.2, 0.25) is 0 Å². The number of nitrogens with one attached hydrogen (secondary N) is 2. The van der Waals surface area contributed by atoms with Crippen molar-refractivity contribution in [3.63, 3.8) is 0 Å². The Bertz CT molecular complexity index is 904. The molecule has 0 radical (unpaired) electrons. The molecule has 144 valence electrons. The van der Waals surface area contributed by atoms with E-state index >= 15 is 0 Å². The third-order valence-electron chi connectivity index (χ3n) is 5.33. The SMILES string of the molecule is O=C(N[C@H]1CCCNC1)c1ccc2c(c1)C(=O)N(CCc1ccccc1)C2=O. The summed E-state index contributed by atoms with van der Waals surface area (Å²) in [6.07, 6.45) is 2.57. The van der Waals surface area contributed by atoms with Crippen molar-refractivity contribution in [1.82, 2.24) is 15.5 Å². The maximum Gasteiger partial charge on any atom is 0.261 e. The Balaban J connectivity index is 1.46. The van der Waals surface area contributed by atoms with Crippen LogP contribution in [-0.2, 0) is 6.42 Å². The molecule has 2 aliphatic rings. The maximum atomic E-state index is 12.8. The Hall–Kier alpha value is -2.99. The number of imide groups is 1. The average Bonchev–Trinajstić information content (AvgIpc) is 2.97. The van der Waals surface area contributed by atoms with Gasteiger partial charge in [-0.05, 0) is 49.6 Å². The zero-order valence-electron chi connectivity index (χ0n) is 15.6. The van der Waals surface area contributed by atoms with Gasteiger partial charge in [0.1, 0.15) is 0 Å². The Labute approximate surface area is 163 Å². The number of carbonyl (C=O) groups is 3. The molecule has 2 aliphatic heterocycles. The second-order valence-electron chi connectivity index (χ2n) is 7.27. The summed E-state index contributed by atoms with van der Waals surface area (Å²) in [5.41, 5.74) is 2.16. The van der Waals surface area contributed by atoms with E-state index in [2.05, 4.69) is 10.6 Å². The van der Waals surface area contributed by atoms with Crippen LogP contribution in [0, 0.1) is 0 Å². The van der Waals surface area contributed by atoms with Crippen LogP contribution in [0.15, 0.2) is 48.5 Å². The fraction of sp³-hybridized carbons (Fsp3) is 0.318. The van der Waals surface area contributed by atoms with E-state index < -0.39 is 0 Å². The second-order valence-corrected chi connectivity index (χ2v) is 7.27. The van der Waals surface area contributed by atoms with Crippen LogP contribution in [0.3, 0.4) is 0 Å². The summed E-state index contributed by atoms with van der Waals surface area (Å²) in [6.45, 7) is 2.05. The van der Waals surface area contributed by atoms with Crippen LogP contribution in [0.1, 0.15) is 49.5 Å². The molecule has 1 fully saturated rings. The monoisotopic (exact) mass is 377 g/mol. The van der Waals surface area contributed by atoms with E-state index in [9.17, 15) is 14.4 Å². The molecule has 28 heavy (non-hydrogen) atoms. The normalized spacial score (nSPS) is 18.9. The van der Waals surface area contributed by atoms with Gasteiger partial charge in [-0.2, -0.15) is 0 Å². The van der Waals surface area contributed by atoms with Gasteiger partial charge in [0.25, 0.3) is 17.7 Å². The van der Waals surface area contributed by atoms with Crippen molar-refractivity contribution in [1.29, 1.82) is 0 Å². The van der Waals surface area contributed by atoms with E-state index in [0.717, 1.165) is 31.5 Å². The van der Waals surface area contributed by atoms with Gasteiger partial charge in [0.15, 0.2) is 0 Å². The molecule has 0 bridgehead atoms. The van der Waals surface area contributed by atoms with Crippen molar-refractivity contribution >= 4 is 17.7 Å². The minimum absolute atomic E-state index is 0.0919. The predicted molar refractivity (Wildman–Crippen MR) is 105 cm³/mol. The number of rotatable bonds is 5. The lowest BCUT2D eigenvalue weighted by Crippen LogP contribution is -2.45. The molecule has 0 aromatic heterocycles. The van der Waals surface area contributed by atoms with E-state index in [0.29, 0.717) is 29.7 Å². The van der Waals surface area contributed by atoms with Crippen LogP contribution in [0.4, 0.5) is 0 Å². The first kappa shape index (κ1) is 18.4. The zero-order chi connectivity index (χ0) is 19.5. The summed E-state index contributed by atoms with van der Waals surface area (Å²) in [6, 6.07) is 14.6. The Morgan fingerprint density at radius 2 is 1.86 bits per heavy atom. The second kappa shape index (κ2) is 7.94. The summed E-state index contributed by atoms with van der Waals surface area (Å²) >= 11 is 0. The largest absolute Gasteiger partial charge is 0.348 e. The molecule has 2 heterocycles. The minimum Gasteiger partial charge on any atom is -0.348 e. The topological polar surface area (TPSA) is 78.5 Å². The van der Waals surface area contributed by atoms with Crippen LogP contribution in [0.5, 0.6) is 0 Å². The number of carbonyl (C=O) groups excluding carboxylic acids is 3. The number of hydrogen-bond donors (Lipinski definition) is 2. The Morgan fingerprint density at radius 3 is 2.61 bits per heavy atom. The van der Waals surface area contributed by atoms with Crippen molar-refractivity contribution in [3.8, 4) is 0 Å². The molecular formula is C22H23N3O3. The van der Waals surface area contributed by atoms with Crippen LogP contribution in [0.2, 0.25) is 0 Å². The lowest BCUT2D eigenvalue weighted by Gasteiger charge is -2.23. The minimum atomic E-state index is -0.329. The molecule has 1 atom stereocenters. The highest BCUT2D eigenvalue weighted by atomic mass is 16.2. The first-order valence-corrected chi connectivity index (χ1v) is 9.69. The van der Waals surface area contributed by atoms with Gasteiger partial charge in [0.05, 0.1) is 11.1 Å². The van der Waals surface area contributed by atoms with Crippen molar-refractivity contribution in [2.75, 3.05) is 19.6 Å². The number of amides is 3. The van der Waals surface area contributed by atoms with E-state index in [1.54, 1.807) is 18.2 Å². The molecule has 0 aliphatic carbocycles. The fourth-order valence-corrected chi connectivity index (χ4v) is 3.76. The molecule has 2 aromatic rings. The number of hydrogen-bond acceptors (Lipinski definition) is 4. The summed E-state index contributed by atoms with van der Waals surface area (Å²) in [7, 11) is 0. The van der Waals surface area contributed by atoms with Crippen LogP contribution < -0.4 is 10.6 Å². The number of piperidine rings is 1. The molecule has 2 N–H and O–H groups in total. The number of benzene rings is 2. The highest BCUT2D eigenvalue weighted by molar-refractivity contribution is 6.22. The first-order chi connectivity index (χ1) is 13.6. The van der Waals surface area contributed by atoms with E-state index in [1.807, 2.05) is 30.3 Å². The van der Waals surface area contributed by atoms with Gasteiger partial charge >= 0.3 is 0 Å². The van der Waals surface area contributed by atoms with Gasteiger partial charge in [-0.15, -0.1) is 0 Å². The molecule has 3 amide bonds. The van der Waals surface area contributed by atoms with Gasteiger partial charge in [-0.1, -0.05) is 30.3 Å². The molecule has 6 heteroatoms. The average molecular weight is 377 g/mol. The predicted octanol–water partition coefficient (Wildman–Crippen LogP) is 2.01. The molecule has 0 spiro atoms. The van der Waals surface area contributed by atoms with Gasteiger partial charge in [-0.25, -0.2) is 0 Å². The molecule has 0 saturated carbocycles. The van der Waals surface area contributed by atoms with E-state index in [1.165, 1.54) is 4.90 Å². The molecular weight excluding hydrogens is 354 g/mol. The van der Waals surface area contributed by atoms with Crippen LogP contribution in [0.25, 0.3) is 0 Å². The van der Waals surface area contributed by atoms with Gasteiger partial charge < -0.3 is 10.6 Å². The third-order valence-corrected chi connectivity index (χ3v) is 5.33. The smallest absolute Gasteiger partial charge is 0.261 e. The van der Waals surface area contributed by atoms with Crippen molar-refractivity contribution in [3.05, 3.63) is 70.8 Å². The first-order valence-electron chi connectivity index (χ1n) is 9.69. The summed E-state index contributed by atoms with van der Waals surface area (Å²) in [4.78, 5) is 39.2. The van der Waals surface area contributed by atoms with Crippen LogP contribution >= 0.6 is 0 Å². The Kier molecular flexibility index (Phi) is 5.21. The Morgan fingerprint density at radius 1 is 1.07 bits per heavy atom. The lowest BCUT2D eigenvalue weighted by molar-refractivity contribution is 0.0656. The maximum absolute atomic E-state index is 12.8. The van der Waals surface area contributed by atoms with Crippen molar-refractivity contribution in [2.24, 2.45) is 0 Å². The molecule has 2 aromatic carbocycles. The fourth-order valence-electron chi connectivity index (χ4n) is 3.76. The summed E-state index contributed by atoms with van der Waals surface area (Å²) < 4.78 is 0. The van der Waals surface area contributed by atoms with Gasteiger partial charge in [-0.3, -0.25) is 19.3 Å². The summed E-state index contributed by atoms with van der Waals surface area (Å²) in [5.74, 6) is -0.830. The number of fused-ring (bicyclic) bond motifs is 1. The quantitative estimate of drug-likeness (QED) is 0.782. The van der Waals surface area contributed by atoms with Crippen molar-refractivity contribution in [2.45, 2.75) is 25.3 Å². The van der Waals surface area contributed by atoms with E-state index in [-0.39, 0.29) is 23.8 Å². The molecule has 0 unspecified atom stereocenters. The van der Waals surface area contributed by atoms with Crippen molar-refractivity contribution < 1.29 is 14.4 Å². The summed E-state index contributed by atoms with van der Waals surface area (Å²) in [5, 5.41) is 6.26. The molecule has 4 rings (SSSR count). The molecule has 6 nitrogen and oxygen atoms in total. The number of nitrogens with zero attached hydrogens (tertiary/aromatic N) is 1. The van der Waals surface area contributed by atoms with Gasteiger partial charge in [0, 0.05) is 24.7 Å². The molecule has 1 saturated heterocycles. The van der Waals surface area contributed by atoms with E-state index in [4.69, 9.17) is 0 Å². The lowest BCUT2D eigenvalue weighted by atomic mass is 10.0. The zero-order valence-corrected chi connectivity index (χ0v) is 15.6. The third kappa shape index (κ3) is 3.68. The standard InChI is InChI=1S/C22H23N3O3/c26-20(24-17-7-4-11-23-14-17)16-8-9-18-19(13-16)22(28)25(21(18)27)12-10-15-5-2-1-3-6-15/h1-3,5-6,8-9,13,17,23H,4,7,10-12,14H2,(H,24,26)/t17-/m0/s1. The highest BCUT2D eigenvalue weighted by Crippen LogP contribution is 2.24. The highest BCUT2D eigenvalue weighted by Gasteiger charge is 2.35.